The van der Waals surface area contributed by atoms with Crippen LogP contribution in [0.25, 0.3) is 0 Å². The first kappa shape index (κ1) is 22.0. The van der Waals surface area contributed by atoms with E-state index < -0.39 is 0 Å². The molecule has 0 aromatic carbocycles. The van der Waals surface area contributed by atoms with Crippen molar-refractivity contribution in [2.75, 3.05) is 39.9 Å². The number of nitrogens with zero attached hydrogens (tertiary/aromatic N) is 3. The summed E-state index contributed by atoms with van der Waals surface area (Å²) in [5, 5.41) is 4.36. The van der Waals surface area contributed by atoms with Crippen LogP contribution < -0.4 is 0 Å². The summed E-state index contributed by atoms with van der Waals surface area (Å²) in [4.78, 5) is 21.6. The predicted molar refractivity (Wildman–Crippen MR) is 109 cm³/mol. The van der Waals surface area contributed by atoms with Gasteiger partial charge in [-0.15, -0.1) is 0 Å². The zero-order chi connectivity index (χ0) is 19.6. The van der Waals surface area contributed by atoms with E-state index in [2.05, 4.69) is 23.9 Å². The minimum atomic E-state index is -0.151. The monoisotopic (exact) mass is 381 g/mol. The number of likely N-dealkylation sites (tertiary alicyclic amines) is 2. The molecule has 1 unspecified atom stereocenters. The van der Waals surface area contributed by atoms with Gasteiger partial charge in [0.15, 0.2) is 0 Å². The Kier molecular flexibility index (Phi) is 9.39. The van der Waals surface area contributed by atoms with Crippen LogP contribution in [0.15, 0.2) is 5.16 Å². The van der Waals surface area contributed by atoms with E-state index in [9.17, 15) is 4.79 Å². The summed E-state index contributed by atoms with van der Waals surface area (Å²) in [6.07, 6.45) is 7.69. The number of carbonyl (C=O) groups excluding carboxylic acids is 1. The predicted octanol–water partition coefficient (Wildman–Crippen LogP) is 4.15. The van der Waals surface area contributed by atoms with E-state index in [-0.39, 0.29) is 6.09 Å². The van der Waals surface area contributed by atoms with Gasteiger partial charge in [0.05, 0.1) is 12.3 Å². The molecule has 6 heteroatoms. The standard InChI is InChI=1S/C21H39N3O3/c1-5-27-21(25)24-13-6-7-19(12-16-24)23-14-10-18(11-15-23)20(22-26-4)9-8-17(2)3/h17-19H,5-16H2,1-4H3. The van der Waals surface area contributed by atoms with Crippen LogP contribution in [-0.2, 0) is 9.57 Å². The molecule has 27 heavy (non-hydrogen) atoms. The highest BCUT2D eigenvalue weighted by Gasteiger charge is 2.30. The fourth-order valence-corrected chi connectivity index (χ4v) is 4.32. The smallest absolute Gasteiger partial charge is 0.409 e. The molecular formula is C21H39N3O3. The Bertz CT molecular complexity index is 473. The average Bonchev–Trinajstić information content (AvgIpc) is 2.92. The summed E-state index contributed by atoms with van der Waals surface area (Å²) in [6, 6.07) is 0.587. The van der Waals surface area contributed by atoms with Gasteiger partial charge in [0.25, 0.3) is 0 Å². The minimum absolute atomic E-state index is 0.151. The number of carbonyl (C=O) groups is 1. The first-order valence-electron chi connectivity index (χ1n) is 10.8. The molecule has 1 amide bonds. The molecule has 0 radical (unpaired) electrons. The van der Waals surface area contributed by atoms with E-state index in [1.54, 1.807) is 7.11 Å². The summed E-state index contributed by atoms with van der Waals surface area (Å²) < 4.78 is 5.17. The van der Waals surface area contributed by atoms with Crippen molar-refractivity contribution in [1.82, 2.24) is 9.80 Å². The van der Waals surface area contributed by atoms with E-state index in [1.165, 1.54) is 31.4 Å². The maximum Gasteiger partial charge on any atom is 0.409 e. The van der Waals surface area contributed by atoms with Crippen molar-refractivity contribution in [1.29, 1.82) is 0 Å². The Morgan fingerprint density at radius 1 is 1.11 bits per heavy atom. The van der Waals surface area contributed by atoms with Gasteiger partial charge >= 0.3 is 6.09 Å². The van der Waals surface area contributed by atoms with Gasteiger partial charge in [0.2, 0.25) is 0 Å². The number of piperidine rings is 1. The summed E-state index contributed by atoms with van der Waals surface area (Å²) in [5.74, 6) is 1.25. The lowest BCUT2D eigenvalue weighted by Crippen LogP contribution is -2.43. The third kappa shape index (κ3) is 6.98. The number of hydrogen-bond acceptors (Lipinski definition) is 5. The number of hydrogen-bond donors (Lipinski definition) is 0. The molecular weight excluding hydrogens is 342 g/mol. The van der Waals surface area contributed by atoms with Gasteiger partial charge in [-0.05, 0) is 70.9 Å². The Morgan fingerprint density at radius 2 is 1.85 bits per heavy atom. The van der Waals surface area contributed by atoms with Crippen LogP contribution in [0.1, 0.15) is 65.7 Å². The quantitative estimate of drug-likeness (QED) is 0.491. The molecule has 156 valence electrons. The normalized spacial score (nSPS) is 23.4. The van der Waals surface area contributed by atoms with E-state index in [0.717, 1.165) is 45.4 Å². The lowest BCUT2D eigenvalue weighted by molar-refractivity contribution is 0.105. The Labute approximate surface area is 165 Å². The van der Waals surface area contributed by atoms with Crippen LogP contribution in [0.4, 0.5) is 4.79 Å². The molecule has 0 bridgehead atoms. The van der Waals surface area contributed by atoms with E-state index in [0.29, 0.717) is 24.5 Å². The van der Waals surface area contributed by atoms with Gasteiger partial charge in [0.1, 0.15) is 7.11 Å². The van der Waals surface area contributed by atoms with Crippen molar-refractivity contribution >= 4 is 11.8 Å². The molecule has 2 heterocycles. The van der Waals surface area contributed by atoms with Gasteiger partial charge in [-0.1, -0.05) is 19.0 Å². The van der Waals surface area contributed by atoms with Gasteiger partial charge in [-0.3, -0.25) is 0 Å². The van der Waals surface area contributed by atoms with Crippen molar-refractivity contribution in [2.24, 2.45) is 17.0 Å². The van der Waals surface area contributed by atoms with Crippen molar-refractivity contribution < 1.29 is 14.4 Å². The molecule has 0 spiro atoms. The second-order valence-electron chi connectivity index (χ2n) is 8.28. The maximum atomic E-state index is 12.0. The molecule has 0 aliphatic carbocycles. The molecule has 2 aliphatic rings. The first-order valence-corrected chi connectivity index (χ1v) is 10.8. The zero-order valence-corrected chi connectivity index (χ0v) is 17.8. The van der Waals surface area contributed by atoms with Gasteiger partial charge in [0, 0.05) is 25.0 Å². The molecule has 2 aliphatic heterocycles. The van der Waals surface area contributed by atoms with Crippen molar-refractivity contribution in [3.05, 3.63) is 0 Å². The second-order valence-corrected chi connectivity index (χ2v) is 8.28. The number of ether oxygens (including phenoxy) is 1. The van der Waals surface area contributed by atoms with Gasteiger partial charge in [-0.25, -0.2) is 4.79 Å². The van der Waals surface area contributed by atoms with E-state index in [4.69, 9.17) is 9.57 Å². The SMILES string of the molecule is CCOC(=O)N1CCCC(N2CCC(C(CCC(C)C)=NOC)CC2)CC1. The van der Waals surface area contributed by atoms with Crippen LogP contribution in [0.2, 0.25) is 0 Å². The molecule has 6 nitrogen and oxygen atoms in total. The zero-order valence-electron chi connectivity index (χ0n) is 17.8. The number of rotatable bonds is 7. The van der Waals surface area contributed by atoms with E-state index in [1.807, 2.05) is 11.8 Å². The average molecular weight is 382 g/mol. The summed E-state index contributed by atoms with van der Waals surface area (Å²) in [7, 11) is 1.66. The highest BCUT2D eigenvalue weighted by atomic mass is 16.6. The molecule has 2 rings (SSSR count). The third-order valence-corrected chi connectivity index (χ3v) is 5.93. The molecule has 0 N–H and O–H groups in total. The van der Waals surface area contributed by atoms with Crippen LogP contribution in [0.3, 0.4) is 0 Å². The highest BCUT2D eigenvalue weighted by Crippen LogP contribution is 2.27. The fraction of sp³-hybridized carbons (Fsp3) is 0.905. The summed E-state index contributed by atoms with van der Waals surface area (Å²) >= 11 is 0. The first-order chi connectivity index (χ1) is 13.0. The minimum Gasteiger partial charge on any atom is -0.450 e. The number of oxime groups is 1. The van der Waals surface area contributed by atoms with Crippen LogP contribution >= 0.6 is 0 Å². The summed E-state index contributed by atoms with van der Waals surface area (Å²) in [6.45, 7) is 10.7. The molecule has 0 saturated carbocycles. The number of amides is 1. The van der Waals surface area contributed by atoms with Crippen molar-refractivity contribution in [3.63, 3.8) is 0 Å². The Hall–Kier alpha value is -1.30. The lowest BCUT2D eigenvalue weighted by Gasteiger charge is -2.37. The Morgan fingerprint density at radius 3 is 2.48 bits per heavy atom. The largest absolute Gasteiger partial charge is 0.450 e. The van der Waals surface area contributed by atoms with E-state index >= 15 is 0 Å². The van der Waals surface area contributed by atoms with Crippen LogP contribution in [0, 0.1) is 11.8 Å². The summed E-state index contributed by atoms with van der Waals surface area (Å²) in [5.41, 5.74) is 1.25. The van der Waals surface area contributed by atoms with Crippen LogP contribution in [0.5, 0.6) is 0 Å². The van der Waals surface area contributed by atoms with Gasteiger partial charge < -0.3 is 19.4 Å². The topological polar surface area (TPSA) is 54.4 Å². The van der Waals surface area contributed by atoms with Gasteiger partial charge in [-0.2, -0.15) is 0 Å². The fourth-order valence-electron chi connectivity index (χ4n) is 4.32. The van der Waals surface area contributed by atoms with Crippen LogP contribution in [-0.4, -0.2) is 67.5 Å². The molecule has 1 atom stereocenters. The third-order valence-electron chi connectivity index (χ3n) is 5.93. The molecule has 2 saturated heterocycles. The van der Waals surface area contributed by atoms with Crippen molar-refractivity contribution in [3.8, 4) is 0 Å². The Balaban J connectivity index is 1.82. The highest BCUT2D eigenvalue weighted by molar-refractivity contribution is 5.86. The molecule has 0 aromatic heterocycles. The maximum absolute atomic E-state index is 12.0. The molecule has 0 aromatic rings. The lowest BCUT2D eigenvalue weighted by atomic mass is 9.87. The van der Waals surface area contributed by atoms with Crippen molar-refractivity contribution in [2.45, 2.75) is 71.8 Å². The molecule has 2 fully saturated rings. The second kappa shape index (κ2) is 11.5.